The standard InChI is InChI=1S/C22H27N7/c1-16-13-21(20-10-11-24-15-25-20)26-22(27(16)2)29-12-4-5-18(14-29)17-6-8-19(9-7-17)28(3)23/h6-11,13,15,18H,1,4-5,12,14,23H2,2-3H3. The van der Waals surface area contributed by atoms with Crippen molar-refractivity contribution < 1.29 is 0 Å². The number of anilines is 1. The van der Waals surface area contributed by atoms with Crippen LogP contribution in [-0.2, 0) is 0 Å². The first-order chi connectivity index (χ1) is 14.0. The summed E-state index contributed by atoms with van der Waals surface area (Å²) in [5.41, 5.74) is 4.88. The number of nitrogens with zero attached hydrogens (tertiary/aromatic N) is 6. The highest BCUT2D eigenvalue weighted by molar-refractivity contribution is 5.90. The van der Waals surface area contributed by atoms with E-state index in [4.69, 9.17) is 10.8 Å². The largest absolute Gasteiger partial charge is 0.342 e. The van der Waals surface area contributed by atoms with Crippen LogP contribution in [0.15, 0.2) is 66.2 Å². The van der Waals surface area contributed by atoms with Crippen LogP contribution in [0.4, 0.5) is 5.69 Å². The molecule has 0 bridgehead atoms. The Labute approximate surface area is 171 Å². The maximum Gasteiger partial charge on any atom is 0.206 e. The second kappa shape index (κ2) is 8.05. The number of hydrogen-bond donors (Lipinski definition) is 1. The van der Waals surface area contributed by atoms with Gasteiger partial charge in [0.1, 0.15) is 6.33 Å². The molecule has 2 aromatic rings. The van der Waals surface area contributed by atoms with Crippen LogP contribution >= 0.6 is 0 Å². The Kier molecular flexibility index (Phi) is 5.31. The molecule has 29 heavy (non-hydrogen) atoms. The molecule has 0 saturated carbocycles. The summed E-state index contributed by atoms with van der Waals surface area (Å²) in [6, 6.07) is 10.4. The van der Waals surface area contributed by atoms with Crippen molar-refractivity contribution in [3.63, 3.8) is 0 Å². The fraction of sp³-hybridized carbons (Fsp3) is 0.318. The van der Waals surface area contributed by atoms with Crippen molar-refractivity contribution in [2.24, 2.45) is 10.8 Å². The van der Waals surface area contributed by atoms with Gasteiger partial charge < -0.3 is 14.8 Å². The molecule has 2 aliphatic heterocycles. The third-order valence-electron chi connectivity index (χ3n) is 5.57. The molecular weight excluding hydrogens is 362 g/mol. The highest BCUT2D eigenvalue weighted by atomic mass is 15.4. The van der Waals surface area contributed by atoms with Gasteiger partial charge in [-0.15, -0.1) is 0 Å². The first-order valence-electron chi connectivity index (χ1n) is 9.85. The van der Waals surface area contributed by atoms with Crippen molar-refractivity contribution in [3.8, 4) is 0 Å². The van der Waals surface area contributed by atoms with Crippen LogP contribution in [0.25, 0.3) is 5.70 Å². The highest BCUT2D eigenvalue weighted by Crippen LogP contribution is 2.31. The number of aliphatic imine (C=N–C) groups is 1. The number of likely N-dealkylation sites (N-methyl/N-ethyl adjacent to an activating group) is 1. The van der Waals surface area contributed by atoms with Gasteiger partial charge >= 0.3 is 0 Å². The number of hydrazine groups is 1. The highest BCUT2D eigenvalue weighted by Gasteiger charge is 2.28. The topological polar surface area (TPSA) is 73.9 Å². The Morgan fingerprint density at radius 3 is 2.69 bits per heavy atom. The minimum atomic E-state index is 0.457. The second-order valence-electron chi connectivity index (χ2n) is 7.57. The van der Waals surface area contributed by atoms with Crippen LogP contribution in [0.1, 0.15) is 30.0 Å². The van der Waals surface area contributed by atoms with Gasteiger partial charge in [-0.1, -0.05) is 18.7 Å². The molecule has 3 heterocycles. The Balaban J connectivity index is 1.57. The molecule has 0 spiro atoms. The fourth-order valence-electron chi connectivity index (χ4n) is 3.87. The molecule has 0 aliphatic carbocycles. The van der Waals surface area contributed by atoms with Crippen LogP contribution in [-0.4, -0.2) is 52.9 Å². The summed E-state index contributed by atoms with van der Waals surface area (Å²) in [5.74, 6) is 7.21. The third-order valence-corrected chi connectivity index (χ3v) is 5.57. The van der Waals surface area contributed by atoms with E-state index in [1.807, 2.05) is 26.2 Å². The molecule has 4 rings (SSSR count). The zero-order valence-electron chi connectivity index (χ0n) is 17.0. The predicted octanol–water partition coefficient (Wildman–Crippen LogP) is 2.82. The average Bonchev–Trinajstić information content (AvgIpc) is 2.76. The molecule has 1 aromatic heterocycles. The lowest BCUT2D eigenvalue weighted by molar-refractivity contribution is 0.284. The zero-order chi connectivity index (χ0) is 20.4. The number of nitrogens with two attached hydrogens (primary N) is 1. The minimum absolute atomic E-state index is 0.457. The van der Waals surface area contributed by atoms with Gasteiger partial charge in [0.05, 0.1) is 17.1 Å². The number of guanidine groups is 1. The van der Waals surface area contributed by atoms with Crippen molar-refractivity contribution in [1.82, 2.24) is 19.8 Å². The number of allylic oxidation sites excluding steroid dienone is 1. The van der Waals surface area contributed by atoms with Crippen molar-refractivity contribution >= 4 is 17.3 Å². The Morgan fingerprint density at radius 1 is 1.21 bits per heavy atom. The fourth-order valence-corrected chi connectivity index (χ4v) is 3.87. The number of benzene rings is 1. The van der Waals surface area contributed by atoms with Crippen molar-refractivity contribution in [1.29, 1.82) is 0 Å². The lowest BCUT2D eigenvalue weighted by Crippen LogP contribution is -2.47. The lowest BCUT2D eigenvalue weighted by Gasteiger charge is -2.39. The Hall–Kier alpha value is -3.19. The molecule has 1 aromatic carbocycles. The van der Waals surface area contributed by atoms with E-state index in [0.29, 0.717) is 5.92 Å². The summed E-state index contributed by atoms with van der Waals surface area (Å²) in [6.07, 6.45) is 7.54. The Bertz CT molecular complexity index is 931. The molecule has 1 fully saturated rings. The van der Waals surface area contributed by atoms with E-state index in [1.165, 1.54) is 12.0 Å². The van der Waals surface area contributed by atoms with Crippen molar-refractivity contribution in [2.75, 3.05) is 32.2 Å². The molecule has 1 unspecified atom stereocenters. The number of rotatable bonds is 3. The summed E-state index contributed by atoms with van der Waals surface area (Å²) >= 11 is 0. The number of hydrogen-bond acceptors (Lipinski definition) is 7. The lowest BCUT2D eigenvalue weighted by atomic mass is 9.90. The third kappa shape index (κ3) is 4.00. The first kappa shape index (κ1) is 19.1. The first-order valence-corrected chi connectivity index (χ1v) is 9.85. The summed E-state index contributed by atoms with van der Waals surface area (Å²) in [4.78, 5) is 17.7. The van der Waals surface area contributed by atoms with Gasteiger partial charge in [-0.25, -0.2) is 20.8 Å². The quantitative estimate of drug-likeness (QED) is 0.643. The van der Waals surface area contributed by atoms with Gasteiger partial charge in [-0.3, -0.25) is 0 Å². The van der Waals surface area contributed by atoms with Crippen molar-refractivity contribution in [3.05, 3.63) is 72.5 Å². The maximum atomic E-state index is 5.83. The van der Waals surface area contributed by atoms with Gasteiger partial charge in [0.25, 0.3) is 0 Å². The molecule has 0 radical (unpaired) electrons. The predicted molar refractivity (Wildman–Crippen MR) is 117 cm³/mol. The molecular formula is C22H27N7. The molecule has 2 N–H and O–H groups in total. The second-order valence-corrected chi connectivity index (χ2v) is 7.57. The molecule has 1 atom stereocenters. The van der Waals surface area contributed by atoms with E-state index >= 15 is 0 Å². The van der Waals surface area contributed by atoms with Crippen LogP contribution < -0.4 is 10.9 Å². The van der Waals surface area contributed by atoms with Crippen LogP contribution in [0.2, 0.25) is 0 Å². The van der Waals surface area contributed by atoms with E-state index in [-0.39, 0.29) is 0 Å². The summed E-state index contributed by atoms with van der Waals surface area (Å²) in [5, 5.41) is 1.63. The molecule has 2 aliphatic rings. The van der Waals surface area contributed by atoms with E-state index in [1.54, 1.807) is 17.5 Å². The van der Waals surface area contributed by atoms with Gasteiger partial charge in [0.15, 0.2) is 0 Å². The zero-order valence-corrected chi connectivity index (χ0v) is 17.0. The summed E-state index contributed by atoms with van der Waals surface area (Å²) in [6.45, 7) is 6.10. The molecule has 7 nitrogen and oxygen atoms in total. The van der Waals surface area contributed by atoms with Gasteiger partial charge in [-0.05, 0) is 42.7 Å². The normalized spacial score (nSPS) is 19.7. The summed E-state index contributed by atoms with van der Waals surface area (Å²) < 4.78 is 0. The smallest absolute Gasteiger partial charge is 0.206 e. The SMILES string of the molecule is C=C1C=C(c2ccncn2)N=C(N2CCCC(c3ccc(N(C)N)cc3)C2)N1C. The van der Waals surface area contributed by atoms with Gasteiger partial charge in [0, 0.05) is 45.0 Å². The maximum absolute atomic E-state index is 5.83. The molecule has 150 valence electrons. The number of piperidine rings is 1. The number of likely N-dealkylation sites (tertiary alicyclic amines) is 1. The molecule has 1 saturated heterocycles. The molecule has 7 heteroatoms. The van der Waals surface area contributed by atoms with Gasteiger partial charge in [0.2, 0.25) is 5.96 Å². The average molecular weight is 390 g/mol. The summed E-state index contributed by atoms with van der Waals surface area (Å²) in [7, 11) is 3.87. The van der Waals surface area contributed by atoms with E-state index in [0.717, 1.165) is 48.2 Å². The Morgan fingerprint density at radius 2 is 2.00 bits per heavy atom. The number of aromatic nitrogens is 2. The van der Waals surface area contributed by atoms with Crippen LogP contribution in [0.5, 0.6) is 0 Å². The minimum Gasteiger partial charge on any atom is -0.342 e. The van der Waals surface area contributed by atoms with Crippen molar-refractivity contribution in [2.45, 2.75) is 18.8 Å². The van der Waals surface area contributed by atoms with Gasteiger partial charge in [-0.2, -0.15) is 0 Å². The van der Waals surface area contributed by atoms with E-state index in [2.05, 4.69) is 50.6 Å². The molecule has 0 amide bonds. The van der Waals surface area contributed by atoms with E-state index < -0.39 is 0 Å². The van der Waals surface area contributed by atoms with Crippen LogP contribution in [0, 0.1) is 0 Å². The van der Waals surface area contributed by atoms with E-state index in [9.17, 15) is 0 Å². The monoisotopic (exact) mass is 389 g/mol. The van der Waals surface area contributed by atoms with Crippen LogP contribution in [0.3, 0.4) is 0 Å².